The van der Waals surface area contributed by atoms with Crippen LogP contribution >= 0.6 is 0 Å². The number of carbonyl (C=O) groups is 1. The zero-order valence-electron chi connectivity index (χ0n) is 18.0. The van der Waals surface area contributed by atoms with Gasteiger partial charge in [0.1, 0.15) is 0 Å². The van der Waals surface area contributed by atoms with Crippen LogP contribution in [0, 0.1) is 5.92 Å². The maximum Gasteiger partial charge on any atom is 0.254 e. The molecule has 0 bridgehead atoms. The minimum Gasteiger partial charge on any atom is -0.389 e. The molecule has 2 rings (SSSR count). The number of aliphatic hydroxyl groups excluding tert-OH is 1. The Labute approximate surface area is 174 Å². The quantitative estimate of drug-likeness (QED) is 0.565. The Bertz CT molecular complexity index is 584. The van der Waals surface area contributed by atoms with Gasteiger partial charge in [-0.25, -0.2) is 0 Å². The number of carbonyl (C=O) groups excluding carboxylic acids is 1. The predicted molar refractivity (Wildman–Crippen MR) is 112 cm³/mol. The van der Waals surface area contributed by atoms with E-state index in [1.165, 1.54) is 0 Å². The lowest BCUT2D eigenvalue weighted by Crippen LogP contribution is -2.51. The molecule has 7 nitrogen and oxygen atoms in total. The number of β-amino-alcohol motifs (C(OH)–C–C–N with tert-alkyl or cyclic N) is 1. The van der Waals surface area contributed by atoms with E-state index >= 15 is 0 Å². The van der Waals surface area contributed by atoms with Crippen molar-refractivity contribution in [3.63, 3.8) is 0 Å². The van der Waals surface area contributed by atoms with E-state index in [2.05, 4.69) is 18.7 Å². The molecule has 1 N–H and O–H groups in total. The summed E-state index contributed by atoms with van der Waals surface area (Å²) in [6.07, 6.45) is -0.625. The average Bonchev–Trinajstić information content (AvgIpc) is 2.71. The fourth-order valence-corrected chi connectivity index (χ4v) is 3.33. The minimum absolute atomic E-state index is 0.0227. The number of nitrogens with zero attached hydrogens (tertiary/aromatic N) is 2. The van der Waals surface area contributed by atoms with Gasteiger partial charge in [0.05, 0.1) is 32.0 Å². The summed E-state index contributed by atoms with van der Waals surface area (Å²) in [6.45, 7) is 9.21. The van der Waals surface area contributed by atoms with E-state index in [1.54, 1.807) is 12.0 Å². The number of morpholine rings is 1. The van der Waals surface area contributed by atoms with Gasteiger partial charge in [0.15, 0.2) is 0 Å². The van der Waals surface area contributed by atoms with Crippen LogP contribution in [0.3, 0.4) is 0 Å². The van der Waals surface area contributed by atoms with Gasteiger partial charge < -0.3 is 24.2 Å². The largest absolute Gasteiger partial charge is 0.389 e. The molecule has 0 saturated carbocycles. The lowest BCUT2D eigenvalue weighted by molar-refractivity contribution is -0.0605. The van der Waals surface area contributed by atoms with Gasteiger partial charge in [-0.15, -0.1) is 0 Å². The van der Waals surface area contributed by atoms with Gasteiger partial charge in [-0.2, -0.15) is 0 Å². The third-order valence-corrected chi connectivity index (χ3v) is 4.75. The summed E-state index contributed by atoms with van der Waals surface area (Å²) in [5, 5.41) is 10.2. The number of methoxy groups -OCH3 is 1. The molecule has 0 unspecified atom stereocenters. The van der Waals surface area contributed by atoms with Crippen molar-refractivity contribution in [1.82, 2.24) is 9.80 Å². The van der Waals surface area contributed by atoms with Crippen molar-refractivity contribution >= 4 is 5.91 Å². The Morgan fingerprint density at radius 2 is 2.07 bits per heavy atom. The molecule has 1 aliphatic heterocycles. The van der Waals surface area contributed by atoms with Crippen LogP contribution in [0.5, 0.6) is 0 Å². The molecule has 1 amide bonds. The molecule has 0 aromatic heterocycles. The van der Waals surface area contributed by atoms with Gasteiger partial charge >= 0.3 is 0 Å². The van der Waals surface area contributed by atoms with Crippen molar-refractivity contribution < 1.29 is 24.1 Å². The highest BCUT2D eigenvalue weighted by Crippen LogP contribution is 2.11. The normalized spacial score (nSPS) is 18.7. The molecule has 1 aliphatic rings. The minimum atomic E-state index is -0.525. The van der Waals surface area contributed by atoms with Crippen molar-refractivity contribution in [2.45, 2.75) is 26.1 Å². The number of hydrogen-bond acceptors (Lipinski definition) is 6. The lowest BCUT2D eigenvalue weighted by atomic mass is 10.1. The fourth-order valence-electron chi connectivity index (χ4n) is 3.33. The number of amides is 1. The Kier molecular flexibility index (Phi) is 10.6. The summed E-state index contributed by atoms with van der Waals surface area (Å²) >= 11 is 0. The van der Waals surface area contributed by atoms with E-state index in [4.69, 9.17) is 14.2 Å². The molecule has 1 aromatic carbocycles. The molecule has 164 valence electrons. The molecular formula is C22H36N2O5. The van der Waals surface area contributed by atoms with Gasteiger partial charge in [0.2, 0.25) is 0 Å². The van der Waals surface area contributed by atoms with Gasteiger partial charge in [0, 0.05) is 52.0 Å². The van der Waals surface area contributed by atoms with E-state index in [-0.39, 0.29) is 12.0 Å². The van der Waals surface area contributed by atoms with Crippen LogP contribution in [-0.2, 0) is 14.2 Å². The molecule has 0 aliphatic carbocycles. The molecular weight excluding hydrogens is 372 g/mol. The van der Waals surface area contributed by atoms with Gasteiger partial charge in [0.25, 0.3) is 5.91 Å². The van der Waals surface area contributed by atoms with E-state index in [9.17, 15) is 9.90 Å². The first-order chi connectivity index (χ1) is 14.0. The lowest BCUT2D eigenvalue weighted by Gasteiger charge is -2.36. The van der Waals surface area contributed by atoms with Crippen LogP contribution in [0.2, 0.25) is 0 Å². The van der Waals surface area contributed by atoms with E-state index < -0.39 is 6.10 Å². The van der Waals surface area contributed by atoms with Gasteiger partial charge in [-0.05, 0) is 18.1 Å². The van der Waals surface area contributed by atoms with Crippen LogP contribution in [-0.4, -0.2) is 99.3 Å². The monoisotopic (exact) mass is 408 g/mol. The summed E-state index contributed by atoms with van der Waals surface area (Å²) in [5.41, 5.74) is 0.661. The second-order valence-corrected chi connectivity index (χ2v) is 7.95. The molecule has 29 heavy (non-hydrogen) atoms. The second-order valence-electron chi connectivity index (χ2n) is 7.95. The molecule has 1 aromatic rings. The van der Waals surface area contributed by atoms with Crippen LogP contribution in [0.25, 0.3) is 0 Å². The van der Waals surface area contributed by atoms with Crippen LogP contribution in [0.1, 0.15) is 24.2 Å². The van der Waals surface area contributed by atoms with E-state index in [1.807, 2.05) is 30.3 Å². The van der Waals surface area contributed by atoms with Crippen molar-refractivity contribution in [3.05, 3.63) is 35.9 Å². The Hall–Kier alpha value is -1.51. The topological polar surface area (TPSA) is 71.5 Å². The summed E-state index contributed by atoms with van der Waals surface area (Å²) in [5.74, 6) is 0.431. The van der Waals surface area contributed by atoms with Gasteiger partial charge in [-0.1, -0.05) is 32.0 Å². The zero-order valence-corrected chi connectivity index (χ0v) is 18.0. The third kappa shape index (κ3) is 8.80. The highest BCUT2D eigenvalue weighted by Gasteiger charge is 2.26. The molecule has 0 radical (unpaired) electrons. The van der Waals surface area contributed by atoms with Crippen LogP contribution in [0.4, 0.5) is 0 Å². The van der Waals surface area contributed by atoms with Crippen LogP contribution < -0.4 is 0 Å². The number of benzene rings is 1. The summed E-state index contributed by atoms with van der Waals surface area (Å²) in [6, 6.07) is 9.27. The Morgan fingerprint density at radius 3 is 2.76 bits per heavy atom. The number of hydrogen-bond donors (Lipinski definition) is 1. The first-order valence-corrected chi connectivity index (χ1v) is 10.4. The highest BCUT2D eigenvalue weighted by molar-refractivity contribution is 5.94. The number of rotatable bonds is 12. The zero-order chi connectivity index (χ0) is 21.1. The third-order valence-electron chi connectivity index (χ3n) is 4.75. The summed E-state index contributed by atoms with van der Waals surface area (Å²) in [7, 11) is 1.63. The van der Waals surface area contributed by atoms with Crippen molar-refractivity contribution in [3.8, 4) is 0 Å². The standard InChI is InChI=1S/C22H36N2O5/c1-18(2)16-28-17-20(25)13-23-9-12-29-21(14-23)15-24(10-11-27-3)22(26)19-7-5-4-6-8-19/h4-8,18,20-21,25H,9-17H2,1-3H3/t20-,21-/m1/s1. The first kappa shape index (κ1) is 23.8. The maximum atomic E-state index is 12.9. The smallest absolute Gasteiger partial charge is 0.254 e. The van der Waals surface area contributed by atoms with Crippen molar-refractivity contribution in [2.75, 3.05) is 66.3 Å². The highest BCUT2D eigenvalue weighted by atomic mass is 16.5. The van der Waals surface area contributed by atoms with Gasteiger partial charge in [-0.3, -0.25) is 9.69 Å². The van der Waals surface area contributed by atoms with E-state index in [0.717, 1.165) is 6.54 Å². The Balaban J connectivity index is 1.87. The fraction of sp³-hybridized carbons (Fsp3) is 0.682. The SMILES string of the molecule is COCCN(C[C@H]1CN(C[C@@H](O)COCC(C)C)CCO1)C(=O)c1ccccc1. The molecule has 1 saturated heterocycles. The predicted octanol–water partition coefficient (Wildman–Crippen LogP) is 1.51. The summed E-state index contributed by atoms with van der Waals surface area (Å²) < 4.78 is 16.6. The molecule has 2 atom stereocenters. The summed E-state index contributed by atoms with van der Waals surface area (Å²) in [4.78, 5) is 16.9. The number of aliphatic hydroxyl groups is 1. The molecule has 7 heteroatoms. The van der Waals surface area contributed by atoms with Crippen molar-refractivity contribution in [2.24, 2.45) is 5.92 Å². The van der Waals surface area contributed by atoms with E-state index in [0.29, 0.717) is 64.1 Å². The van der Waals surface area contributed by atoms with Crippen molar-refractivity contribution in [1.29, 1.82) is 0 Å². The maximum absolute atomic E-state index is 12.9. The molecule has 1 heterocycles. The average molecular weight is 409 g/mol. The Morgan fingerprint density at radius 1 is 1.31 bits per heavy atom. The molecule has 0 spiro atoms. The second kappa shape index (κ2) is 12.9. The first-order valence-electron chi connectivity index (χ1n) is 10.4. The number of ether oxygens (including phenoxy) is 3. The molecule has 1 fully saturated rings. The van der Waals surface area contributed by atoms with Crippen LogP contribution in [0.15, 0.2) is 30.3 Å².